The summed E-state index contributed by atoms with van der Waals surface area (Å²) in [7, 11) is 0. The van der Waals surface area contributed by atoms with Crippen LogP contribution in [0.2, 0.25) is 5.02 Å². The molecule has 8 heteroatoms. The van der Waals surface area contributed by atoms with Gasteiger partial charge < -0.3 is 20.4 Å². The molecule has 2 aromatic carbocycles. The normalized spacial score (nSPS) is 22.2. The van der Waals surface area contributed by atoms with E-state index in [-0.39, 0.29) is 17.9 Å². The molecule has 0 aromatic heterocycles. The third-order valence-corrected chi connectivity index (χ3v) is 11.5. The van der Waals surface area contributed by atoms with E-state index < -0.39 is 6.04 Å². The van der Waals surface area contributed by atoms with E-state index in [1.807, 2.05) is 41.3 Å². The quantitative estimate of drug-likeness (QED) is 0.231. The number of nitrogens with one attached hydrogen (secondary N) is 2. The number of hydrogen-bond donors (Lipinski definition) is 2. The van der Waals surface area contributed by atoms with Crippen LogP contribution in [0.25, 0.3) is 0 Å². The Morgan fingerprint density at radius 3 is 2.38 bits per heavy atom. The van der Waals surface area contributed by atoms with Crippen molar-refractivity contribution in [3.05, 3.63) is 70.2 Å². The third-order valence-electron chi connectivity index (χ3n) is 11.3. The van der Waals surface area contributed by atoms with Crippen LogP contribution in [0.4, 0.5) is 0 Å². The minimum atomic E-state index is -0.601. The number of fused-ring (bicyclic) bond motifs is 1. The monoisotopic (exact) mass is 661 g/mol. The van der Waals surface area contributed by atoms with Crippen molar-refractivity contribution in [1.29, 1.82) is 0 Å². The summed E-state index contributed by atoms with van der Waals surface area (Å²) in [6.07, 6.45) is 15.6. The number of nitrogens with zero attached hydrogens (tertiary/aromatic N) is 3. The Bertz CT molecular complexity index is 1280. The molecule has 0 spiro atoms. The van der Waals surface area contributed by atoms with Gasteiger partial charge in [0.15, 0.2) is 0 Å². The average Bonchev–Trinajstić information content (AvgIpc) is 3.77. The SMILES string of the molecule is O=C(CC1NCc2ccccc21)N[C@H](Cc1ccc(Cl)cc1)C(=O)N1CCN(C(CCCCN2CCCC2)CC2CCCCC2)CC1. The number of unbranched alkanes of at least 4 members (excludes halogenated alkanes) is 1. The van der Waals surface area contributed by atoms with E-state index in [1.54, 1.807) is 0 Å². The molecule has 256 valence electrons. The van der Waals surface area contributed by atoms with Crippen LogP contribution in [0.5, 0.6) is 0 Å². The number of carbonyl (C=O) groups excluding carboxylic acids is 2. The lowest BCUT2D eigenvalue weighted by Gasteiger charge is -2.42. The van der Waals surface area contributed by atoms with Crippen molar-refractivity contribution in [2.24, 2.45) is 5.92 Å². The van der Waals surface area contributed by atoms with Crippen LogP contribution in [0.1, 0.15) is 99.8 Å². The van der Waals surface area contributed by atoms with Crippen LogP contribution in [0.3, 0.4) is 0 Å². The summed E-state index contributed by atoms with van der Waals surface area (Å²) in [6, 6.07) is 15.9. The van der Waals surface area contributed by atoms with Crippen molar-refractivity contribution in [1.82, 2.24) is 25.3 Å². The van der Waals surface area contributed by atoms with Gasteiger partial charge in [-0.1, -0.05) is 86.5 Å². The van der Waals surface area contributed by atoms with Crippen LogP contribution in [0, 0.1) is 5.92 Å². The number of benzene rings is 2. The van der Waals surface area contributed by atoms with Gasteiger partial charge in [0.05, 0.1) is 0 Å². The summed E-state index contributed by atoms with van der Waals surface area (Å²) >= 11 is 6.16. The molecule has 7 nitrogen and oxygen atoms in total. The zero-order valence-corrected chi connectivity index (χ0v) is 29.1. The Morgan fingerprint density at radius 1 is 0.872 bits per heavy atom. The average molecular weight is 662 g/mol. The first kappa shape index (κ1) is 34.4. The zero-order chi connectivity index (χ0) is 32.4. The first-order chi connectivity index (χ1) is 23.0. The molecule has 0 bridgehead atoms. The fraction of sp³-hybridized carbons (Fsp3) is 0.641. The van der Waals surface area contributed by atoms with Gasteiger partial charge in [0.25, 0.3) is 0 Å². The Morgan fingerprint density at radius 2 is 1.62 bits per heavy atom. The van der Waals surface area contributed by atoms with Gasteiger partial charge in [-0.2, -0.15) is 0 Å². The second-order valence-electron chi connectivity index (χ2n) is 14.6. The van der Waals surface area contributed by atoms with Crippen LogP contribution >= 0.6 is 11.6 Å². The van der Waals surface area contributed by atoms with Crippen molar-refractivity contribution in [3.8, 4) is 0 Å². The number of hydrogen-bond acceptors (Lipinski definition) is 5. The molecule has 1 aliphatic carbocycles. The zero-order valence-electron chi connectivity index (χ0n) is 28.3. The van der Waals surface area contributed by atoms with E-state index in [1.165, 1.54) is 101 Å². The number of halogens is 1. The highest BCUT2D eigenvalue weighted by molar-refractivity contribution is 6.30. The predicted molar refractivity (Wildman–Crippen MR) is 190 cm³/mol. The van der Waals surface area contributed by atoms with Crippen molar-refractivity contribution in [2.45, 2.75) is 108 Å². The van der Waals surface area contributed by atoms with E-state index in [4.69, 9.17) is 11.6 Å². The molecule has 2 aromatic rings. The summed E-state index contributed by atoms with van der Waals surface area (Å²) in [5.74, 6) is 0.793. The Kier molecular flexibility index (Phi) is 12.7. The smallest absolute Gasteiger partial charge is 0.245 e. The second-order valence-corrected chi connectivity index (χ2v) is 15.0. The fourth-order valence-corrected chi connectivity index (χ4v) is 8.69. The molecule has 3 atom stereocenters. The standard InChI is InChI=1S/C39H56ClN5O2/c40-33-17-15-31(16-18-33)27-37(42-38(46)28-36-35-14-5-4-12-32(35)29-41-36)39(47)45-24-22-44(23-25-45)34(26-30-10-2-1-3-11-30)13-6-7-19-43-20-8-9-21-43/h4-5,12,14-18,30,34,36-37,41H,1-3,6-11,13,19-29H2,(H,42,46)/t34?,36?,37-/m1/s1. The van der Waals surface area contributed by atoms with Crippen molar-refractivity contribution >= 4 is 23.4 Å². The lowest BCUT2D eigenvalue weighted by atomic mass is 9.83. The molecule has 47 heavy (non-hydrogen) atoms. The van der Waals surface area contributed by atoms with E-state index in [0.717, 1.165) is 44.2 Å². The largest absolute Gasteiger partial charge is 0.344 e. The second kappa shape index (κ2) is 17.3. The van der Waals surface area contributed by atoms with E-state index in [2.05, 4.69) is 32.6 Å². The van der Waals surface area contributed by atoms with Gasteiger partial charge >= 0.3 is 0 Å². The maximum atomic E-state index is 14.1. The molecule has 3 fully saturated rings. The Labute approximate surface area is 287 Å². The van der Waals surface area contributed by atoms with Gasteiger partial charge in [0, 0.05) is 62.7 Å². The summed E-state index contributed by atoms with van der Waals surface area (Å²) in [4.78, 5) is 34.9. The van der Waals surface area contributed by atoms with E-state index in [0.29, 0.717) is 23.9 Å². The van der Waals surface area contributed by atoms with Gasteiger partial charge in [-0.25, -0.2) is 0 Å². The Balaban J connectivity index is 1.06. The molecule has 3 aliphatic heterocycles. The maximum absolute atomic E-state index is 14.1. The van der Waals surface area contributed by atoms with Crippen molar-refractivity contribution in [2.75, 3.05) is 45.8 Å². The molecule has 1 saturated carbocycles. The number of piperazine rings is 1. The van der Waals surface area contributed by atoms with Crippen molar-refractivity contribution < 1.29 is 9.59 Å². The summed E-state index contributed by atoms with van der Waals surface area (Å²) < 4.78 is 0. The number of rotatable bonds is 14. The van der Waals surface area contributed by atoms with Crippen LogP contribution in [-0.4, -0.2) is 84.4 Å². The third kappa shape index (κ3) is 9.81. The fourth-order valence-electron chi connectivity index (χ4n) is 8.56. The molecular weight excluding hydrogens is 606 g/mol. The topological polar surface area (TPSA) is 67.9 Å². The number of likely N-dealkylation sites (tertiary alicyclic amines) is 1. The molecule has 2 saturated heterocycles. The summed E-state index contributed by atoms with van der Waals surface area (Å²) in [5, 5.41) is 7.30. The van der Waals surface area contributed by atoms with E-state index >= 15 is 0 Å². The van der Waals surface area contributed by atoms with Crippen LogP contribution in [0.15, 0.2) is 48.5 Å². The molecule has 2 unspecified atom stereocenters. The van der Waals surface area contributed by atoms with Gasteiger partial charge in [0.2, 0.25) is 11.8 Å². The van der Waals surface area contributed by atoms with Gasteiger partial charge in [-0.05, 0) is 86.5 Å². The number of carbonyl (C=O) groups is 2. The van der Waals surface area contributed by atoms with E-state index in [9.17, 15) is 9.59 Å². The maximum Gasteiger partial charge on any atom is 0.245 e. The highest BCUT2D eigenvalue weighted by atomic mass is 35.5. The first-order valence-corrected chi connectivity index (χ1v) is 19.0. The predicted octanol–water partition coefficient (Wildman–Crippen LogP) is 6.35. The highest BCUT2D eigenvalue weighted by Crippen LogP contribution is 2.31. The van der Waals surface area contributed by atoms with Gasteiger partial charge in [-0.15, -0.1) is 0 Å². The van der Waals surface area contributed by atoms with Crippen molar-refractivity contribution in [3.63, 3.8) is 0 Å². The highest BCUT2D eigenvalue weighted by Gasteiger charge is 2.33. The van der Waals surface area contributed by atoms with Crippen LogP contribution in [-0.2, 0) is 22.6 Å². The molecule has 2 N–H and O–H groups in total. The summed E-state index contributed by atoms with van der Waals surface area (Å²) in [5.41, 5.74) is 3.42. The molecule has 6 rings (SSSR count). The van der Waals surface area contributed by atoms with Gasteiger partial charge in [0.1, 0.15) is 6.04 Å². The number of amides is 2. The van der Waals surface area contributed by atoms with Gasteiger partial charge in [-0.3, -0.25) is 14.5 Å². The molecule has 2 amide bonds. The molecule has 3 heterocycles. The molecular formula is C39H56ClN5O2. The lowest BCUT2D eigenvalue weighted by Crippen LogP contribution is -2.57. The minimum Gasteiger partial charge on any atom is -0.344 e. The lowest BCUT2D eigenvalue weighted by molar-refractivity contribution is -0.138. The first-order valence-electron chi connectivity index (χ1n) is 18.6. The summed E-state index contributed by atoms with van der Waals surface area (Å²) in [6.45, 7) is 7.86. The van der Waals surface area contributed by atoms with Crippen LogP contribution < -0.4 is 10.6 Å². The Hall–Kier alpha value is -2.45. The molecule has 0 radical (unpaired) electrons. The minimum absolute atomic E-state index is 0.0298. The molecule has 4 aliphatic rings.